The Bertz CT molecular complexity index is 1180. The molecule has 5 rings (SSSR count). The van der Waals surface area contributed by atoms with E-state index in [1.54, 1.807) is 18.2 Å². The van der Waals surface area contributed by atoms with Crippen molar-refractivity contribution in [3.05, 3.63) is 59.6 Å². The lowest BCUT2D eigenvalue weighted by atomic mass is 9.77. The molecule has 0 bridgehead atoms. The Balaban J connectivity index is 1.42. The van der Waals surface area contributed by atoms with E-state index in [0.717, 1.165) is 31.9 Å². The van der Waals surface area contributed by atoms with Gasteiger partial charge in [-0.2, -0.15) is 0 Å². The van der Waals surface area contributed by atoms with Gasteiger partial charge in [-0.3, -0.25) is 4.79 Å². The van der Waals surface area contributed by atoms with E-state index in [1.165, 1.54) is 12.4 Å². The third-order valence-electron chi connectivity index (χ3n) is 5.78. The van der Waals surface area contributed by atoms with E-state index in [4.69, 9.17) is 4.98 Å². The standard InChI is InChI=1S/C21H18BrFN6O/c1-2-17(30)29-9-8-21(29)10-28(11-21)16-7-6-15-19(27-16)20(25-12-24-15)26-14-5-3-4-13(22)18(14)23/h2-7,12H,1,8-11H2,(H,24,25,26). The van der Waals surface area contributed by atoms with Crippen molar-refractivity contribution in [1.29, 1.82) is 0 Å². The maximum absolute atomic E-state index is 14.4. The van der Waals surface area contributed by atoms with Crippen molar-refractivity contribution >= 4 is 50.2 Å². The number of amides is 1. The van der Waals surface area contributed by atoms with Gasteiger partial charge in [-0.15, -0.1) is 0 Å². The molecule has 2 aliphatic rings. The summed E-state index contributed by atoms with van der Waals surface area (Å²) in [4.78, 5) is 29.3. The number of hydrogen-bond donors (Lipinski definition) is 1. The first-order valence-corrected chi connectivity index (χ1v) is 10.3. The van der Waals surface area contributed by atoms with Crippen molar-refractivity contribution < 1.29 is 9.18 Å². The number of carbonyl (C=O) groups excluding carboxylic acids is 1. The third-order valence-corrected chi connectivity index (χ3v) is 6.39. The minimum absolute atomic E-state index is 0.0247. The van der Waals surface area contributed by atoms with Gasteiger partial charge in [0.05, 0.1) is 21.2 Å². The van der Waals surface area contributed by atoms with E-state index in [9.17, 15) is 9.18 Å². The second-order valence-corrected chi connectivity index (χ2v) is 8.36. The second kappa shape index (κ2) is 7.02. The van der Waals surface area contributed by atoms with Crippen LogP contribution in [0.3, 0.4) is 0 Å². The normalized spacial score (nSPS) is 16.9. The van der Waals surface area contributed by atoms with Gasteiger partial charge in [-0.1, -0.05) is 12.6 Å². The Labute approximate surface area is 180 Å². The molecule has 1 aromatic carbocycles. The SMILES string of the molecule is C=CC(=O)N1CCC12CN(c1ccc3ncnc(Nc4cccc(Br)c4F)c3n1)C2. The number of benzene rings is 1. The molecule has 2 aliphatic heterocycles. The summed E-state index contributed by atoms with van der Waals surface area (Å²) in [6.07, 6.45) is 3.77. The van der Waals surface area contributed by atoms with Gasteiger partial charge < -0.3 is 15.1 Å². The monoisotopic (exact) mass is 468 g/mol. The van der Waals surface area contributed by atoms with Gasteiger partial charge in [-0.05, 0) is 52.7 Å². The Morgan fingerprint density at radius 3 is 2.83 bits per heavy atom. The highest BCUT2D eigenvalue weighted by molar-refractivity contribution is 9.10. The molecule has 2 aromatic heterocycles. The largest absolute Gasteiger partial charge is 0.352 e. The summed E-state index contributed by atoms with van der Waals surface area (Å²) < 4.78 is 14.8. The van der Waals surface area contributed by atoms with Crippen molar-refractivity contribution in [3.8, 4) is 0 Å². The molecule has 0 saturated carbocycles. The van der Waals surface area contributed by atoms with Gasteiger partial charge in [-0.25, -0.2) is 19.3 Å². The zero-order valence-electron chi connectivity index (χ0n) is 16.0. The molecule has 7 nitrogen and oxygen atoms in total. The lowest BCUT2D eigenvalue weighted by molar-refractivity contribution is -0.144. The average molecular weight is 469 g/mol. The second-order valence-electron chi connectivity index (χ2n) is 7.51. The molecule has 2 fully saturated rings. The lowest BCUT2D eigenvalue weighted by Crippen LogP contribution is -2.78. The zero-order chi connectivity index (χ0) is 20.9. The van der Waals surface area contributed by atoms with Crippen LogP contribution < -0.4 is 10.2 Å². The Morgan fingerprint density at radius 1 is 1.27 bits per heavy atom. The first-order chi connectivity index (χ1) is 14.5. The number of nitrogens with zero attached hydrogens (tertiary/aromatic N) is 5. The third kappa shape index (κ3) is 2.92. The van der Waals surface area contributed by atoms with Gasteiger partial charge in [0.15, 0.2) is 11.6 Å². The number of rotatable bonds is 4. The molecule has 0 aliphatic carbocycles. The van der Waals surface area contributed by atoms with Crippen LogP contribution in [0.25, 0.3) is 11.0 Å². The Hall–Kier alpha value is -3.07. The number of aromatic nitrogens is 3. The van der Waals surface area contributed by atoms with E-state index in [0.29, 0.717) is 27.0 Å². The van der Waals surface area contributed by atoms with E-state index < -0.39 is 5.82 Å². The minimum Gasteiger partial charge on any atom is -0.352 e. The first-order valence-electron chi connectivity index (χ1n) is 9.52. The maximum atomic E-state index is 14.4. The van der Waals surface area contributed by atoms with Gasteiger partial charge in [0.25, 0.3) is 0 Å². The molecule has 4 heterocycles. The first kappa shape index (κ1) is 18.9. The van der Waals surface area contributed by atoms with Crippen LogP contribution in [0.2, 0.25) is 0 Å². The fourth-order valence-electron chi connectivity index (χ4n) is 4.07. The number of anilines is 3. The number of carbonyl (C=O) groups is 1. The molecule has 1 N–H and O–H groups in total. The Kier molecular flexibility index (Phi) is 4.43. The predicted molar refractivity (Wildman–Crippen MR) is 116 cm³/mol. The quantitative estimate of drug-likeness (QED) is 0.589. The molecule has 0 unspecified atom stereocenters. The van der Waals surface area contributed by atoms with Crippen LogP contribution in [0.5, 0.6) is 0 Å². The van der Waals surface area contributed by atoms with Crippen LogP contribution in [0.15, 0.2) is 53.8 Å². The summed E-state index contributed by atoms with van der Waals surface area (Å²) in [7, 11) is 0. The van der Waals surface area contributed by atoms with E-state index in [2.05, 4.69) is 42.7 Å². The highest BCUT2D eigenvalue weighted by Crippen LogP contribution is 2.41. The molecule has 1 amide bonds. The molecule has 3 aromatic rings. The summed E-state index contributed by atoms with van der Waals surface area (Å²) in [5.41, 5.74) is 1.40. The molecule has 0 atom stereocenters. The van der Waals surface area contributed by atoms with Gasteiger partial charge in [0.1, 0.15) is 17.7 Å². The zero-order valence-corrected chi connectivity index (χ0v) is 17.6. The van der Waals surface area contributed by atoms with Crippen LogP contribution in [0.1, 0.15) is 6.42 Å². The molecular weight excluding hydrogens is 451 g/mol. The molecule has 30 heavy (non-hydrogen) atoms. The number of hydrogen-bond acceptors (Lipinski definition) is 6. The number of likely N-dealkylation sites (tertiary alicyclic amines) is 1. The van der Waals surface area contributed by atoms with Crippen molar-refractivity contribution in [1.82, 2.24) is 19.9 Å². The fraction of sp³-hybridized carbons (Fsp3) is 0.238. The molecule has 9 heteroatoms. The van der Waals surface area contributed by atoms with E-state index in [1.807, 2.05) is 17.0 Å². The number of nitrogens with one attached hydrogen (secondary N) is 1. The number of fused-ring (bicyclic) bond motifs is 1. The molecule has 1 spiro atoms. The maximum Gasteiger partial charge on any atom is 0.246 e. The fourth-order valence-corrected chi connectivity index (χ4v) is 4.44. The predicted octanol–water partition coefficient (Wildman–Crippen LogP) is 3.65. The van der Waals surface area contributed by atoms with E-state index in [-0.39, 0.29) is 11.4 Å². The van der Waals surface area contributed by atoms with Gasteiger partial charge in [0, 0.05) is 19.6 Å². The van der Waals surface area contributed by atoms with Crippen LogP contribution in [0, 0.1) is 5.82 Å². The number of halogens is 2. The summed E-state index contributed by atoms with van der Waals surface area (Å²) in [5.74, 6) is 0.783. The van der Waals surface area contributed by atoms with Crippen molar-refractivity contribution in [2.24, 2.45) is 0 Å². The summed E-state index contributed by atoms with van der Waals surface area (Å²) in [6, 6.07) is 8.80. The average Bonchev–Trinajstić information content (AvgIpc) is 2.70. The highest BCUT2D eigenvalue weighted by Gasteiger charge is 2.55. The summed E-state index contributed by atoms with van der Waals surface area (Å²) >= 11 is 3.20. The molecule has 2 saturated heterocycles. The van der Waals surface area contributed by atoms with Crippen molar-refractivity contribution in [2.45, 2.75) is 12.0 Å². The molecular formula is C21H18BrFN6O. The van der Waals surface area contributed by atoms with Crippen LogP contribution in [0.4, 0.5) is 21.7 Å². The van der Waals surface area contributed by atoms with E-state index >= 15 is 0 Å². The summed E-state index contributed by atoms with van der Waals surface area (Å²) in [5, 5.41) is 3.03. The van der Waals surface area contributed by atoms with Crippen LogP contribution >= 0.6 is 15.9 Å². The van der Waals surface area contributed by atoms with Gasteiger partial charge >= 0.3 is 0 Å². The number of pyridine rings is 1. The van der Waals surface area contributed by atoms with Crippen LogP contribution in [-0.2, 0) is 4.79 Å². The van der Waals surface area contributed by atoms with Gasteiger partial charge in [0.2, 0.25) is 5.91 Å². The topological polar surface area (TPSA) is 74.2 Å². The lowest BCUT2D eigenvalue weighted by Gasteiger charge is -2.62. The molecule has 0 radical (unpaired) electrons. The highest BCUT2D eigenvalue weighted by atomic mass is 79.9. The summed E-state index contributed by atoms with van der Waals surface area (Å²) in [6.45, 7) is 5.80. The minimum atomic E-state index is -0.401. The molecule has 152 valence electrons. The van der Waals surface area contributed by atoms with Crippen LogP contribution in [-0.4, -0.2) is 50.9 Å². The van der Waals surface area contributed by atoms with Crippen molar-refractivity contribution in [2.75, 3.05) is 29.9 Å². The van der Waals surface area contributed by atoms with Crippen molar-refractivity contribution in [3.63, 3.8) is 0 Å². The smallest absolute Gasteiger partial charge is 0.246 e. The Morgan fingerprint density at radius 2 is 2.10 bits per heavy atom.